The van der Waals surface area contributed by atoms with Gasteiger partial charge in [-0.3, -0.25) is 9.69 Å². The Morgan fingerprint density at radius 3 is 2.60 bits per heavy atom. The van der Waals surface area contributed by atoms with Gasteiger partial charge in [0.1, 0.15) is 4.99 Å². The molecule has 4 nitrogen and oxygen atoms in total. The monoisotopic (exact) mass is 290 g/mol. The summed E-state index contributed by atoms with van der Waals surface area (Å²) < 4.78 is 5.74. The average Bonchev–Trinajstić information content (AvgIpc) is 2.82. The first-order chi connectivity index (χ1) is 9.39. The van der Waals surface area contributed by atoms with Crippen LogP contribution in [0.1, 0.15) is 36.7 Å². The van der Waals surface area contributed by atoms with Crippen molar-refractivity contribution < 1.29 is 9.53 Å². The first-order valence-electron chi connectivity index (χ1n) is 6.71. The molecule has 0 aromatic heterocycles. The summed E-state index contributed by atoms with van der Waals surface area (Å²) in [6, 6.07) is 7.53. The highest BCUT2D eigenvalue weighted by atomic mass is 32.1. The van der Waals surface area contributed by atoms with E-state index in [1.165, 1.54) is 0 Å². The third kappa shape index (κ3) is 1.29. The van der Waals surface area contributed by atoms with E-state index in [1.54, 1.807) is 12.0 Å². The van der Waals surface area contributed by atoms with Crippen molar-refractivity contribution in [2.45, 2.75) is 32.2 Å². The van der Waals surface area contributed by atoms with Gasteiger partial charge in [0.05, 0.1) is 5.54 Å². The first-order valence-corrected chi connectivity index (χ1v) is 7.12. The van der Waals surface area contributed by atoms with Crippen molar-refractivity contribution >= 4 is 23.1 Å². The number of fused-ring (bicyclic) bond motifs is 3. The van der Waals surface area contributed by atoms with Crippen molar-refractivity contribution in [1.29, 1.82) is 0 Å². The van der Waals surface area contributed by atoms with Gasteiger partial charge >= 0.3 is 0 Å². The van der Waals surface area contributed by atoms with Gasteiger partial charge < -0.3 is 10.1 Å². The standard InChI is InChI=1S/C15H18N2O2S/c1-9(2)14(3)13(20)16-15(19-4)11-8-6-5-7-10(11)12(18)17(14)15/h5-9H,1-4H3,(H,16,20). The minimum Gasteiger partial charge on any atom is -0.338 e. The van der Waals surface area contributed by atoms with Crippen molar-refractivity contribution in [3.8, 4) is 0 Å². The molecule has 5 heteroatoms. The fourth-order valence-electron chi connectivity index (χ4n) is 3.16. The molecule has 1 aromatic carbocycles. The van der Waals surface area contributed by atoms with E-state index in [-0.39, 0.29) is 11.8 Å². The molecule has 1 saturated heterocycles. The Balaban J connectivity index is 2.28. The summed E-state index contributed by atoms with van der Waals surface area (Å²) in [7, 11) is 1.60. The summed E-state index contributed by atoms with van der Waals surface area (Å²) in [5.41, 5.74) is 0.956. The predicted octanol–water partition coefficient (Wildman–Crippen LogP) is 2.24. The van der Waals surface area contributed by atoms with Crippen LogP contribution in [0.25, 0.3) is 0 Å². The van der Waals surface area contributed by atoms with Gasteiger partial charge in [0.2, 0.25) is 0 Å². The number of benzene rings is 1. The van der Waals surface area contributed by atoms with Crippen LogP contribution in [-0.4, -0.2) is 28.4 Å². The Kier molecular flexibility index (Phi) is 2.72. The van der Waals surface area contributed by atoms with E-state index in [0.29, 0.717) is 10.6 Å². The average molecular weight is 290 g/mol. The normalized spacial score (nSPS) is 31.6. The molecule has 0 saturated carbocycles. The number of amides is 1. The van der Waals surface area contributed by atoms with Crippen molar-refractivity contribution in [3.63, 3.8) is 0 Å². The number of hydrogen-bond acceptors (Lipinski definition) is 3. The summed E-state index contributed by atoms with van der Waals surface area (Å²) in [5, 5.41) is 3.25. The Morgan fingerprint density at radius 1 is 1.35 bits per heavy atom. The molecule has 2 aliphatic heterocycles. The van der Waals surface area contributed by atoms with E-state index in [9.17, 15) is 4.79 Å². The zero-order valence-corrected chi connectivity index (χ0v) is 12.9. The van der Waals surface area contributed by atoms with E-state index in [1.807, 2.05) is 31.2 Å². The van der Waals surface area contributed by atoms with E-state index >= 15 is 0 Å². The SMILES string of the molecule is COC12NC(=S)C(C)(C(C)C)N1C(=O)c1ccccc12. The molecular formula is C15H18N2O2S. The van der Waals surface area contributed by atoms with Crippen LogP contribution in [0.15, 0.2) is 24.3 Å². The van der Waals surface area contributed by atoms with Crippen LogP contribution in [0, 0.1) is 5.92 Å². The van der Waals surface area contributed by atoms with Gasteiger partial charge in [-0.1, -0.05) is 44.3 Å². The van der Waals surface area contributed by atoms with Gasteiger partial charge in [-0.25, -0.2) is 0 Å². The fraction of sp³-hybridized carbons (Fsp3) is 0.467. The highest BCUT2D eigenvalue weighted by Gasteiger charge is 2.65. The molecular weight excluding hydrogens is 272 g/mol. The predicted molar refractivity (Wildman–Crippen MR) is 80.3 cm³/mol. The van der Waals surface area contributed by atoms with E-state index < -0.39 is 11.4 Å². The van der Waals surface area contributed by atoms with Crippen LogP contribution < -0.4 is 5.32 Å². The molecule has 106 valence electrons. The Morgan fingerprint density at radius 2 is 2.00 bits per heavy atom. The quantitative estimate of drug-likeness (QED) is 0.848. The lowest BCUT2D eigenvalue weighted by Crippen LogP contribution is -2.55. The molecule has 0 bridgehead atoms. The van der Waals surface area contributed by atoms with Crippen LogP contribution in [-0.2, 0) is 10.6 Å². The largest absolute Gasteiger partial charge is 0.338 e. The van der Waals surface area contributed by atoms with E-state index in [4.69, 9.17) is 17.0 Å². The second-order valence-electron chi connectivity index (χ2n) is 5.79. The van der Waals surface area contributed by atoms with Crippen LogP contribution in [0.3, 0.4) is 0 Å². The number of nitrogens with zero attached hydrogens (tertiary/aromatic N) is 1. The van der Waals surface area contributed by atoms with Crippen LogP contribution >= 0.6 is 12.2 Å². The second kappa shape index (κ2) is 4.02. The summed E-state index contributed by atoms with van der Waals surface area (Å²) in [4.78, 5) is 15.3. The number of ether oxygens (including phenoxy) is 1. The number of nitrogens with one attached hydrogen (secondary N) is 1. The van der Waals surface area contributed by atoms with Gasteiger partial charge in [0, 0.05) is 18.2 Å². The Labute approximate surface area is 124 Å². The molecule has 0 aliphatic carbocycles. The number of carbonyl (C=O) groups excluding carboxylic acids is 1. The molecule has 2 atom stereocenters. The highest BCUT2D eigenvalue weighted by Crippen LogP contribution is 2.49. The fourth-order valence-corrected chi connectivity index (χ4v) is 3.63. The Bertz CT molecular complexity index is 616. The molecule has 1 fully saturated rings. The lowest BCUT2D eigenvalue weighted by atomic mass is 9.87. The molecule has 2 unspecified atom stereocenters. The van der Waals surface area contributed by atoms with Crippen LogP contribution in [0.5, 0.6) is 0 Å². The van der Waals surface area contributed by atoms with Gasteiger partial charge in [-0.2, -0.15) is 0 Å². The van der Waals surface area contributed by atoms with E-state index in [2.05, 4.69) is 19.2 Å². The number of rotatable bonds is 2. The summed E-state index contributed by atoms with van der Waals surface area (Å²) in [6.07, 6.45) is 0. The zero-order chi connectivity index (χ0) is 14.7. The van der Waals surface area contributed by atoms with Gasteiger partial charge in [-0.15, -0.1) is 0 Å². The van der Waals surface area contributed by atoms with E-state index in [0.717, 1.165) is 5.56 Å². The zero-order valence-electron chi connectivity index (χ0n) is 12.1. The topological polar surface area (TPSA) is 41.6 Å². The van der Waals surface area contributed by atoms with Crippen molar-refractivity contribution in [1.82, 2.24) is 10.2 Å². The molecule has 0 radical (unpaired) electrons. The van der Waals surface area contributed by atoms with Gasteiger partial charge in [0.25, 0.3) is 11.8 Å². The molecule has 20 heavy (non-hydrogen) atoms. The second-order valence-corrected chi connectivity index (χ2v) is 6.20. The maximum Gasteiger partial charge on any atom is 0.259 e. The van der Waals surface area contributed by atoms with Crippen molar-refractivity contribution in [2.75, 3.05) is 7.11 Å². The number of carbonyl (C=O) groups is 1. The number of methoxy groups -OCH3 is 1. The minimum absolute atomic E-state index is 0.0361. The highest BCUT2D eigenvalue weighted by molar-refractivity contribution is 7.80. The lowest BCUT2D eigenvalue weighted by molar-refractivity contribution is -0.133. The smallest absolute Gasteiger partial charge is 0.259 e. The summed E-state index contributed by atoms with van der Waals surface area (Å²) in [6.45, 7) is 6.13. The number of thiocarbonyl (C=S) groups is 1. The van der Waals surface area contributed by atoms with Crippen LogP contribution in [0.4, 0.5) is 0 Å². The molecule has 2 heterocycles. The molecule has 0 spiro atoms. The number of hydrogen-bond donors (Lipinski definition) is 1. The summed E-state index contributed by atoms with van der Waals surface area (Å²) in [5.74, 6) is -0.826. The third-order valence-electron chi connectivity index (χ3n) is 4.67. The molecule has 1 aromatic rings. The third-order valence-corrected chi connectivity index (χ3v) is 5.18. The van der Waals surface area contributed by atoms with Crippen molar-refractivity contribution in [2.24, 2.45) is 5.92 Å². The molecule has 2 aliphatic rings. The van der Waals surface area contributed by atoms with Gasteiger partial charge in [0.15, 0.2) is 0 Å². The van der Waals surface area contributed by atoms with Crippen molar-refractivity contribution in [3.05, 3.63) is 35.4 Å². The molecule has 3 rings (SSSR count). The lowest BCUT2D eigenvalue weighted by Gasteiger charge is -2.40. The van der Waals surface area contributed by atoms with Gasteiger partial charge in [-0.05, 0) is 18.9 Å². The Hall–Kier alpha value is -1.46. The summed E-state index contributed by atoms with van der Waals surface area (Å²) >= 11 is 5.52. The maximum absolute atomic E-state index is 12.9. The maximum atomic E-state index is 12.9. The molecule has 1 N–H and O–H groups in total. The first kappa shape index (κ1) is 13.5. The van der Waals surface area contributed by atoms with Crippen LogP contribution in [0.2, 0.25) is 0 Å². The minimum atomic E-state index is -0.968. The molecule has 1 amide bonds.